The van der Waals surface area contributed by atoms with Gasteiger partial charge in [0.1, 0.15) is 5.92 Å². The molecule has 0 saturated heterocycles. The molecule has 2 aromatic rings. The molecular weight excluding hydrogens is 420 g/mol. The molecule has 0 radical (unpaired) electrons. The zero-order chi connectivity index (χ0) is 20.9. The van der Waals surface area contributed by atoms with Crippen LogP contribution in [-0.2, 0) is 17.5 Å². The second-order valence-electron chi connectivity index (χ2n) is 5.78. The molecule has 3 N–H and O–H groups in total. The van der Waals surface area contributed by atoms with E-state index in [1.165, 1.54) is 24.3 Å². The fourth-order valence-electron chi connectivity index (χ4n) is 2.41. The number of carbonyl (C=O) groups is 2. The number of carboxylic acids is 1. The first-order valence-corrected chi connectivity index (χ1v) is 8.69. The predicted molar refractivity (Wildman–Crippen MR) is 98.5 cm³/mol. The lowest BCUT2D eigenvalue weighted by atomic mass is 9.99. The molecule has 2 aromatic carbocycles. The van der Waals surface area contributed by atoms with Gasteiger partial charge in [0.25, 0.3) is 0 Å². The Morgan fingerprint density at radius 1 is 1.00 bits per heavy atom. The fourth-order valence-corrected chi connectivity index (χ4v) is 3.07. The van der Waals surface area contributed by atoms with Crippen LogP contribution in [0.4, 0.5) is 18.0 Å². The quantitative estimate of drug-likeness (QED) is 0.617. The molecule has 0 fully saturated rings. The molecule has 28 heavy (non-hydrogen) atoms. The van der Waals surface area contributed by atoms with Crippen LogP contribution in [0.5, 0.6) is 0 Å². The highest BCUT2D eigenvalue weighted by Crippen LogP contribution is 2.31. The average Bonchev–Trinajstić information content (AvgIpc) is 2.61. The molecular formula is C18H15Cl2F3N2O3. The monoisotopic (exact) mass is 434 g/mol. The molecule has 2 amide bonds. The summed E-state index contributed by atoms with van der Waals surface area (Å²) in [6, 6.07) is 8.17. The van der Waals surface area contributed by atoms with E-state index in [4.69, 9.17) is 23.2 Å². The summed E-state index contributed by atoms with van der Waals surface area (Å²) in [5, 5.41) is 14.6. The zero-order valence-corrected chi connectivity index (χ0v) is 15.7. The Balaban J connectivity index is 1.94. The highest BCUT2D eigenvalue weighted by Gasteiger charge is 2.30. The summed E-state index contributed by atoms with van der Waals surface area (Å²) in [5.41, 5.74) is -0.157. The molecule has 1 atom stereocenters. The van der Waals surface area contributed by atoms with E-state index in [2.05, 4.69) is 10.6 Å². The highest BCUT2D eigenvalue weighted by molar-refractivity contribution is 6.36. The van der Waals surface area contributed by atoms with Crippen molar-refractivity contribution in [2.45, 2.75) is 18.6 Å². The standard InChI is InChI=1S/C18H15Cl2F3N2O3/c19-13-2-1-3-14(20)15(13)12(16(26)27)9-25-17(28)24-8-10-4-6-11(7-5-10)18(21,22)23/h1-7,12H,8-9H2,(H,26,27)(H2,24,25,28). The third-order valence-corrected chi connectivity index (χ3v) is 4.51. The molecule has 0 aliphatic rings. The zero-order valence-electron chi connectivity index (χ0n) is 14.2. The summed E-state index contributed by atoms with van der Waals surface area (Å²) < 4.78 is 37.6. The Kier molecular flexibility index (Phi) is 7.15. The Bertz CT molecular complexity index is 838. The average molecular weight is 435 g/mol. The van der Waals surface area contributed by atoms with E-state index in [0.717, 1.165) is 12.1 Å². The minimum absolute atomic E-state index is 0.0332. The molecule has 1 unspecified atom stereocenters. The summed E-state index contributed by atoms with van der Waals surface area (Å²) in [5.74, 6) is -2.39. The number of rotatable bonds is 6. The van der Waals surface area contributed by atoms with Gasteiger partial charge in [-0.3, -0.25) is 4.79 Å². The van der Waals surface area contributed by atoms with E-state index in [0.29, 0.717) is 5.56 Å². The van der Waals surface area contributed by atoms with Gasteiger partial charge >= 0.3 is 18.2 Å². The van der Waals surface area contributed by atoms with E-state index in [1.54, 1.807) is 6.07 Å². The molecule has 0 aliphatic carbocycles. The summed E-state index contributed by atoms with van der Waals surface area (Å²) in [6.07, 6.45) is -4.44. The van der Waals surface area contributed by atoms with Gasteiger partial charge in [0.15, 0.2) is 0 Å². The number of hydrogen-bond acceptors (Lipinski definition) is 2. The normalized spacial score (nSPS) is 12.3. The van der Waals surface area contributed by atoms with Crippen molar-refractivity contribution in [2.24, 2.45) is 0 Å². The maximum atomic E-state index is 12.5. The van der Waals surface area contributed by atoms with Gasteiger partial charge in [0.05, 0.1) is 5.56 Å². The summed E-state index contributed by atoms with van der Waals surface area (Å²) in [4.78, 5) is 23.4. The van der Waals surface area contributed by atoms with Crippen LogP contribution in [0.15, 0.2) is 42.5 Å². The predicted octanol–water partition coefficient (Wildman–Crippen LogP) is 4.68. The molecule has 0 bridgehead atoms. The van der Waals surface area contributed by atoms with Crippen LogP contribution >= 0.6 is 23.2 Å². The van der Waals surface area contributed by atoms with Crippen molar-refractivity contribution in [3.05, 3.63) is 69.2 Å². The van der Waals surface area contributed by atoms with Crippen molar-refractivity contribution < 1.29 is 27.9 Å². The van der Waals surface area contributed by atoms with Gasteiger partial charge in [-0.15, -0.1) is 0 Å². The Morgan fingerprint density at radius 3 is 2.07 bits per heavy atom. The van der Waals surface area contributed by atoms with Gasteiger partial charge in [-0.1, -0.05) is 41.4 Å². The molecule has 10 heteroatoms. The van der Waals surface area contributed by atoms with Crippen molar-refractivity contribution in [1.29, 1.82) is 0 Å². The van der Waals surface area contributed by atoms with E-state index in [-0.39, 0.29) is 28.7 Å². The minimum atomic E-state index is -4.44. The Hall–Kier alpha value is -2.45. The lowest BCUT2D eigenvalue weighted by molar-refractivity contribution is -0.139. The number of benzene rings is 2. The fraction of sp³-hybridized carbons (Fsp3) is 0.222. The van der Waals surface area contributed by atoms with E-state index < -0.39 is 29.7 Å². The number of aliphatic carboxylic acids is 1. The smallest absolute Gasteiger partial charge is 0.416 e. The lowest BCUT2D eigenvalue weighted by Crippen LogP contribution is -2.39. The number of halogens is 5. The SMILES string of the molecule is O=C(NCc1ccc(C(F)(F)F)cc1)NCC(C(=O)O)c1c(Cl)cccc1Cl. The van der Waals surface area contributed by atoms with Crippen LogP contribution in [0.25, 0.3) is 0 Å². The van der Waals surface area contributed by atoms with Crippen molar-refractivity contribution in [1.82, 2.24) is 10.6 Å². The largest absolute Gasteiger partial charge is 0.481 e. The minimum Gasteiger partial charge on any atom is -0.481 e. The first-order valence-electron chi connectivity index (χ1n) is 7.94. The summed E-state index contributed by atoms with van der Waals surface area (Å²) in [6.45, 7) is -0.313. The van der Waals surface area contributed by atoms with Gasteiger partial charge < -0.3 is 15.7 Å². The number of amides is 2. The third kappa shape index (κ3) is 5.77. The van der Waals surface area contributed by atoms with Crippen molar-refractivity contribution in [2.75, 3.05) is 6.54 Å². The molecule has 5 nitrogen and oxygen atoms in total. The number of carboxylic acid groups (broad SMARTS) is 1. The van der Waals surface area contributed by atoms with Crippen LogP contribution in [0.3, 0.4) is 0 Å². The van der Waals surface area contributed by atoms with Gasteiger partial charge in [0.2, 0.25) is 0 Å². The number of alkyl halides is 3. The third-order valence-electron chi connectivity index (χ3n) is 3.85. The molecule has 2 rings (SSSR count). The van der Waals surface area contributed by atoms with Crippen LogP contribution in [0, 0.1) is 0 Å². The van der Waals surface area contributed by atoms with Gasteiger partial charge in [-0.2, -0.15) is 13.2 Å². The van der Waals surface area contributed by atoms with E-state index in [9.17, 15) is 27.9 Å². The molecule has 0 spiro atoms. The number of carbonyl (C=O) groups excluding carboxylic acids is 1. The van der Waals surface area contributed by atoms with Crippen molar-refractivity contribution in [3.63, 3.8) is 0 Å². The number of urea groups is 1. The van der Waals surface area contributed by atoms with Crippen LogP contribution in [0.1, 0.15) is 22.6 Å². The summed E-state index contributed by atoms with van der Waals surface area (Å²) >= 11 is 12.0. The highest BCUT2D eigenvalue weighted by atomic mass is 35.5. The second-order valence-corrected chi connectivity index (χ2v) is 6.60. The second kappa shape index (κ2) is 9.16. The Labute approximate surface area is 168 Å². The van der Waals surface area contributed by atoms with Gasteiger partial charge in [-0.05, 0) is 29.8 Å². The van der Waals surface area contributed by atoms with E-state index in [1.807, 2.05) is 0 Å². The topological polar surface area (TPSA) is 78.4 Å². The molecule has 0 aromatic heterocycles. The first kappa shape index (κ1) is 21.8. The van der Waals surface area contributed by atoms with Crippen LogP contribution < -0.4 is 10.6 Å². The number of nitrogens with one attached hydrogen (secondary N) is 2. The van der Waals surface area contributed by atoms with Gasteiger partial charge in [-0.25, -0.2) is 4.79 Å². The van der Waals surface area contributed by atoms with Crippen molar-refractivity contribution >= 4 is 35.2 Å². The molecule has 0 heterocycles. The summed E-state index contributed by atoms with van der Waals surface area (Å²) in [7, 11) is 0. The number of hydrogen-bond donors (Lipinski definition) is 3. The molecule has 0 saturated carbocycles. The van der Waals surface area contributed by atoms with E-state index >= 15 is 0 Å². The lowest BCUT2D eigenvalue weighted by Gasteiger charge is -2.17. The first-order chi connectivity index (χ1) is 13.1. The molecule has 150 valence electrons. The van der Waals surface area contributed by atoms with Crippen LogP contribution in [-0.4, -0.2) is 23.7 Å². The molecule has 0 aliphatic heterocycles. The maximum Gasteiger partial charge on any atom is 0.416 e. The maximum absolute atomic E-state index is 12.5. The van der Waals surface area contributed by atoms with Gasteiger partial charge in [0, 0.05) is 28.7 Å². The van der Waals surface area contributed by atoms with Crippen molar-refractivity contribution in [3.8, 4) is 0 Å². The van der Waals surface area contributed by atoms with Crippen LogP contribution in [0.2, 0.25) is 10.0 Å². The Morgan fingerprint density at radius 2 is 1.57 bits per heavy atom.